The van der Waals surface area contributed by atoms with E-state index >= 15 is 0 Å². The third kappa shape index (κ3) is 3.33. The fraction of sp³-hybridized carbons (Fsp3) is 0.714. The normalized spacial score (nSPS) is 16.8. The van der Waals surface area contributed by atoms with Gasteiger partial charge in [-0.15, -0.1) is 0 Å². The highest BCUT2D eigenvalue weighted by molar-refractivity contribution is 5.02. The van der Waals surface area contributed by atoms with E-state index in [0.29, 0.717) is 12.3 Å². The molecule has 1 N–H and O–H groups in total. The zero-order valence-electron chi connectivity index (χ0n) is 11.3. The van der Waals surface area contributed by atoms with Crippen LogP contribution in [0.5, 0.6) is 0 Å². The Balaban J connectivity index is 1.90. The van der Waals surface area contributed by atoms with Gasteiger partial charge in [0.15, 0.2) is 0 Å². The highest BCUT2D eigenvalue weighted by Gasteiger charge is 2.42. The quantitative estimate of drug-likeness (QED) is 0.803. The van der Waals surface area contributed by atoms with Gasteiger partial charge < -0.3 is 9.88 Å². The molecule has 1 heterocycles. The summed E-state index contributed by atoms with van der Waals surface area (Å²) >= 11 is 0. The fourth-order valence-electron chi connectivity index (χ4n) is 2.22. The molecular weight excluding hydrogens is 224 g/mol. The Bertz CT molecular complexity index is 423. The molecule has 0 aliphatic heterocycles. The first-order valence-electron chi connectivity index (χ1n) is 6.73. The number of imidazole rings is 1. The lowest BCUT2D eigenvalue weighted by atomic mass is 10.0. The number of hydrogen-bond donors (Lipinski definition) is 1. The van der Waals surface area contributed by atoms with Gasteiger partial charge in [-0.3, -0.25) is 0 Å². The molecule has 18 heavy (non-hydrogen) atoms. The predicted octanol–water partition coefficient (Wildman–Crippen LogP) is 2.32. The highest BCUT2D eigenvalue weighted by atomic mass is 15.1. The fourth-order valence-corrected chi connectivity index (χ4v) is 2.22. The summed E-state index contributed by atoms with van der Waals surface area (Å²) in [6.07, 6.45) is 6.91. The van der Waals surface area contributed by atoms with Gasteiger partial charge in [0, 0.05) is 30.8 Å². The average molecular weight is 246 g/mol. The van der Waals surface area contributed by atoms with Crippen LogP contribution in [0.25, 0.3) is 0 Å². The average Bonchev–Trinajstić information content (AvgIpc) is 2.92. The third-order valence-electron chi connectivity index (χ3n) is 3.55. The van der Waals surface area contributed by atoms with Crippen molar-refractivity contribution in [3.63, 3.8) is 0 Å². The van der Waals surface area contributed by atoms with Crippen LogP contribution in [-0.2, 0) is 13.1 Å². The van der Waals surface area contributed by atoms with Crippen molar-refractivity contribution in [2.75, 3.05) is 6.54 Å². The van der Waals surface area contributed by atoms with Gasteiger partial charge in [-0.05, 0) is 25.3 Å². The highest BCUT2D eigenvalue weighted by Crippen LogP contribution is 2.50. The van der Waals surface area contributed by atoms with Crippen LogP contribution in [-0.4, -0.2) is 16.1 Å². The molecule has 1 aliphatic rings. The van der Waals surface area contributed by atoms with Gasteiger partial charge in [0.1, 0.15) is 5.82 Å². The van der Waals surface area contributed by atoms with Crippen LogP contribution < -0.4 is 5.32 Å². The van der Waals surface area contributed by atoms with Gasteiger partial charge in [-0.1, -0.05) is 13.8 Å². The maximum atomic E-state index is 8.86. The smallest absolute Gasteiger partial charge is 0.122 e. The molecule has 1 saturated carbocycles. The lowest BCUT2D eigenvalue weighted by Crippen LogP contribution is -2.22. The van der Waals surface area contributed by atoms with Gasteiger partial charge in [0.05, 0.1) is 12.6 Å². The van der Waals surface area contributed by atoms with Crippen molar-refractivity contribution in [2.45, 2.75) is 46.2 Å². The Morgan fingerprint density at radius 2 is 2.33 bits per heavy atom. The van der Waals surface area contributed by atoms with Crippen molar-refractivity contribution in [1.82, 2.24) is 14.9 Å². The van der Waals surface area contributed by atoms with E-state index in [1.54, 1.807) is 0 Å². The lowest BCUT2D eigenvalue weighted by molar-refractivity contribution is 0.415. The second-order valence-corrected chi connectivity index (χ2v) is 5.83. The summed E-state index contributed by atoms with van der Waals surface area (Å²) in [4.78, 5) is 4.40. The van der Waals surface area contributed by atoms with Crippen LogP contribution in [0.2, 0.25) is 0 Å². The summed E-state index contributed by atoms with van der Waals surface area (Å²) in [5, 5.41) is 12.3. The van der Waals surface area contributed by atoms with Crippen LogP contribution in [0.15, 0.2) is 12.4 Å². The molecule has 0 unspecified atom stereocenters. The molecular formula is C14H22N4. The van der Waals surface area contributed by atoms with E-state index in [0.717, 1.165) is 25.5 Å². The number of nitriles is 1. The standard InChI is InChI=1S/C14H22N4/c1-12(2)9-16-10-13-17-7-8-18(13)11-14(3-4-14)5-6-15/h7-8,12,16H,3-5,9-11H2,1-2H3. The second kappa shape index (κ2) is 5.53. The minimum atomic E-state index is 0.238. The summed E-state index contributed by atoms with van der Waals surface area (Å²) in [7, 11) is 0. The molecule has 2 rings (SSSR count). The molecule has 1 aromatic rings. The molecule has 0 atom stereocenters. The van der Waals surface area contributed by atoms with E-state index in [1.807, 2.05) is 12.4 Å². The topological polar surface area (TPSA) is 53.6 Å². The van der Waals surface area contributed by atoms with E-state index < -0.39 is 0 Å². The summed E-state index contributed by atoms with van der Waals surface area (Å²) in [5.74, 6) is 1.74. The number of rotatable bonds is 7. The van der Waals surface area contributed by atoms with Crippen LogP contribution in [0.1, 0.15) is 38.9 Å². The number of aromatic nitrogens is 2. The van der Waals surface area contributed by atoms with Crippen LogP contribution >= 0.6 is 0 Å². The van der Waals surface area contributed by atoms with Crippen LogP contribution in [0.3, 0.4) is 0 Å². The Morgan fingerprint density at radius 1 is 1.56 bits per heavy atom. The van der Waals surface area contributed by atoms with Crippen molar-refractivity contribution in [1.29, 1.82) is 5.26 Å². The van der Waals surface area contributed by atoms with Crippen LogP contribution in [0.4, 0.5) is 0 Å². The van der Waals surface area contributed by atoms with E-state index in [-0.39, 0.29) is 5.41 Å². The number of hydrogen-bond acceptors (Lipinski definition) is 3. The zero-order chi connectivity index (χ0) is 13.0. The lowest BCUT2D eigenvalue weighted by Gasteiger charge is -2.15. The van der Waals surface area contributed by atoms with E-state index in [9.17, 15) is 0 Å². The summed E-state index contributed by atoms with van der Waals surface area (Å²) in [5.41, 5.74) is 0.238. The van der Waals surface area contributed by atoms with Crippen molar-refractivity contribution in [3.05, 3.63) is 18.2 Å². The number of nitrogens with one attached hydrogen (secondary N) is 1. The van der Waals surface area contributed by atoms with Gasteiger partial charge >= 0.3 is 0 Å². The molecule has 4 heteroatoms. The second-order valence-electron chi connectivity index (χ2n) is 5.83. The van der Waals surface area contributed by atoms with Gasteiger partial charge in [-0.2, -0.15) is 5.26 Å². The Morgan fingerprint density at radius 3 is 2.94 bits per heavy atom. The van der Waals surface area contributed by atoms with Gasteiger partial charge in [-0.25, -0.2) is 4.98 Å². The monoisotopic (exact) mass is 246 g/mol. The molecule has 1 aromatic heterocycles. The zero-order valence-corrected chi connectivity index (χ0v) is 11.3. The molecule has 98 valence electrons. The first-order valence-corrected chi connectivity index (χ1v) is 6.73. The SMILES string of the molecule is CC(C)CNCc1nccn1CC1(CC#N)CC1. The minimum absolute atomic E-state index is 0.238. The largest absolute Gasteiger partial charge is 0.333 e. The molecule has 1 fully saturated rings. The molecule has 0 amide bonds. The first kappa shape index (κ1) is 13.1. The predicted molar refractivity (Wildman–Crippen MR) is 70.7 cm³/mol. The van der Waals surface area contributed by atoms with Crippen molar-refractivity contribution >= 4 is 0 Å². The van der Waals surface area contributed by atoms with Crippen molar-refractivity contribution < 1.29 is 0 Å². The summed E-state index contributed by atoms with van der Waals surface area (Å²) in [6.45, 7) is 7.17. The molecule has 0 aromatic carbocycles. The molecule has 0 bridgehead atoms. The van der Waals surface area contributed by atoms with E-state index in [2.05, 4.69) is 34.8 Å². The minimum Gasteiger partial charge on any atom is -0.333 e. The molecule has 0 saturated heterocycles. The van der Waals surface area contributed by atoms with Crippen molar-refractivity contribution in [2.24, 2.45) is 11.3 Å². The summed E-state index contributed by atoms with van der Waals surface area (Å²) < 4.78 is 2.21. The van der Waals surface area contributed by atoms with E-state index in [1.165, 1.54) is 12.8 Å². The Kier molecular flexibility index (Phi) is 4.03. The third-order valence-corrected chi connectivity index (χ3v) is 3.55. The first-order chi connectivity index (χ1) is 8.65. The molecule has 4 nitrogen and oxygen atoms in total. The molecule has 1 aliphatic carbocycles. The van der Waals surface area contributed by atoms with Crippen LogP contribution in [0, 0.1) is 22.7 Å². The van der Waals surface area contributed by atoms with Crippen molar-refractivity contribution in [3.8, 4) is 6.07 Å². The number of nitrogens with zero attached hydrogens (tertiary/aromatic N) is 3. The maximum Gasteiger partial charge on any atom is 0.122 e. The van der Waals surface area contributed by atoms with Gasteiger partial charge in [0.25, 0.3) is 0 Å². The Labute approximate surface area is 109 Å². The molecule has 0 radical (unpaired) electrons. The van der Waals surface area contributed by atoms with E-state index in [4.69, 9.17) is 5.26 Å². The maximum absolute atomic E-state index is 8.86. The molecule has 0 spiro atoms. The summed E-state index contributed by atoms with van der Waals surface area (Å²) in [6, 6.07) is 2.31. The Hall–Kier alpha value is -1.34. The van der Waals surface area contributed by atoms with Gasteiger partial charge in [0.2, 0.25) is 0 Å².